The van der Waals surface area contributed by atoms with E-state index in [9.17, 15) is 14.9 Å². The second kappa shape index (κ2) is 9.50. The minimum absolute atomic E-state index is 0.000936. The second-order valence-corrected chi connectivity index (χ2v) is 9.20. The van der Waals surface area contributed by atoms with E-state index in [1.165, 1.54) is 4.57 Å². The zero-order valence-electron chi connectivity index (χ0n) is 20.4. The van der Waals surface area contributed by atoms with Gasteiger partial charge in [-0.25, -0.2) is 9.78 Å². The molecule has 5 rings (SSSR count). The number of hydrogen-bond acceptors (Lipinski definition) is 8. The predicted octanol–water partition coefficient (Wildman–Crippen LogP) is 1.05. The Labute approximate surface area is 208 Å². The fraction of sp³-hybridized carbons (Fsp3) is 0.385. The number of benzene rings is 1. The number of nitrogens with one attached hydrogen (secondary N) is 1. The molecular formula is C26H28N8O2. The number of nitrogens with zero attached hydrogens (tertiary/aromatic N) is 6. The summed E-state index contributed by atoms with van der Waals surface area (Å²) < 4.78 is 1.44. The van der Waals surface area contributed by atoms with Crippen LogP contribution in [0, 0.1) is 23.2 Å². The summed E-state index contributed by atoms with van der Waals surface area (Å²) in [5.41, 5.74) is 7.55. The molecule has 0 spiro atoms. The lowest BCUT2D eigenvalue weighted by Gasteiger charge is -2.43. The highest BCUT2D eigenvalue weighted by Gasteiger charge is 2.44. The average molecular weight is 485 g/mol. The Morgan fingerprint density at radius 1 is 1.25 bits per heavy atom. The van der Waals surface area contributed by atoms with Crippen LogP contribution in [-0.4, -0.2) is 51.4 Å². The monoisotopic (exact) mass is 484 g/mol. The Morgan fingerprint density at radius 3 is 2.81 bits per heavy atom. The number of para-hydroxylation sites is 1. The zero-order chi connectivity index (χ0) is 25.4. The number of rotatable bonds is 4. The number of anilines is 2. The number of pyridine rings is 1. The molecule has 184 valence electrons. The molecule has 36 heavy (non-hydrogen) atoms. The van der Waals surface area contributed by atoms with Crippen LogP contribution in [0.4, 0.5) is 11.5 Å². The number of hydrogen-bond donors (Lipinski definition) is 2. The molecule has 0 radical (unpaired) electrons. The summed E-state index contributed by atoms with van der Waals surface area (Å²) in [6, 6.07) is 11.7. The van der Waals surface area contributed by atoms with Crippen molar-refractivity contribution in [3.63, 3.8) is 0 Å². The number of nitriles is 1. The van der Waals surface area contributed by atoms with Gasteiger partial charge in [0.15, 0.2) is 6.29 Å². The number of likely N-dealkylation sites (tertiary alicyclic amines) is 1. The first-order valence-electron chi connectivity index (χ1n) is 12.0. The van der Waals surface area contributed by atoms with E-state index in [0.717, 1.165) is 30.3 Å². The Hall–Kier alpha value is -4.12. The molecule has 2 aromatic heterocycles. The lowest BCUT2D eigenvalue weighted by molar-refractivity contribution is 0.145. The highest BCUT2D eigenvalue weighted by atomic mass is 16.2. The van der Waals surface area contributed by atoms with Crippen molar-refractivity contribution in [2.24, 2.45) is 12.8 Å². The molecule has 0 amide bonds. The quantitative estimate of drug-likeness (QED) is 0.526. The SMILES string of the molecule is CC#CCN1c2c(n(C)c(=O)[nH]c2=O)N(Cc2nc3ccccc3cc2C#N)C1N1CCC[C@@H](N)C1. The van der Waals surface area contributed by atoms with Gasteiger partial charge in [0.25, 0.3) is 5.56 Å². The zero-order valence-corrected chi connectivity index (χ0v) is 20.4. The summed E-state index contributed by atoms with van der Waals surface area (Å²) in [4.78, 5) is 39.2. The van der Waals surface area contributed by atoms with Gasteiger partial charge in [0, 0.05) is 31.6 Å². The molecule has 0 bridgehead atoms. The smallest absolute Gasteiger partial charge is 0.327 e. The number of fused-ring (bicyclic) bond motifs is 2. The van der Waals surface area contributed by atoms with Crippen molar-refractivity contribution in [3.05, 3.63) is 62.4 Å². The van der Waals surface area contributed by atoms with Gasteiger partial charge in [0.2, 0.25) is 0 Å². The molecule has 10 nitrogen and oxygen atoms in total. The van der Waals surface area contributed by atoms with E-state index in [1.54, 1.807) is 14.0 Å². The van der Waals surface area contributed by atoms with Gasteiger partial charge >= 0.3 is 5.69 Å². The van der Waals surface area contributed by atoms with Crippen LogP contribution in [0.2, 0.25) is 0 Å². The minimum atomic E-state index is -0.506. The van der Waals surface area contributed by atoms with Gasteiger partial charge in [-0.05, 0) is 31.9 Å². The van der Waals surface area contributed by atoms with E-state index >= 15 is 0 Å². The van der Waals surface area contributed by atoms with Crippen LogP contribution in [0.1, 0.15) is 31.0 Å². The highest BCUT2D eigenvalue weighted by Crippen LogP contribution is 2.39. The number of piperidine rings is 1. The van der Waals surface area contributed by atoms with E-state index in [0.29, 0.717) is 35.9 Å². The molecule has 2 atom stereocenters. The maximum absolute atomic E-state index is 13.1. The summed E-state index contributed by atoms with van der Waals surface area (Å²) in [6.07, 6.45) is 1.43. The van der Waals surface area contributed by atoms with Gasteiger partial charge in [-0.15, -0.1) is 5.92 Å². The lowest BCUT2D eigenvalue weighted by Crippen LogP contribution is -2.60. The molecule has 2 aliphatic rings. The average Bonchev–Trinajstić information content (AvgIpc) is 3.19. The summed E-state index contributed by atoms with van der Waals surface area (Å²) >= 11 is 0. The van der Waals surface area contributed by atoms with Crippen molar-refractivity contribution in [1.29, 1.82) is 5.26 Å². The van der Waals surface area contributed by atoms with Crippen molar-refractivity contribution < 1.29 is 0 Å². The maximum Gasteiger partial charge on any atom is 0.329 e. The highest BCUT2D eigenvalue weighted by molar-refractivity contribution is 5.80. The summed E-state index contributed by atoms with van der Waals surface area (Å²) in [5, 5.41) is 10.8. The number of aromatic amines is 1. The largest absolute Gasteiger partial charge is 0.329 e. The van der Waals surface area contributed by atoms with Gasteiger partial charge in [0.1, 0.15) is 17.6 Å². The van der Waals surface area contributed by atoms with E-state index < -0.39 is 17.5 Å². The first-order chi connectivity index (χ1) is 17.4. The molecule has 2 aliphatic heterocycles. The summed E-state index contributed by atoms with van der Waals surface area (Å²) in [7, 11) is 1.64. The van der Waals surface area contributed by atoms with Gasteiger partial charge in [-0.2, -0.15) is 5.26 Å². The molecule has 3 N–H and O–H groups in total. The second-order valence-electron chi connectivity index (χ2n) is 9.20. The van der Waals surface area contributed by atoms with Crippen molar-refractivity contribution in [2.45, 2.75) is 38.6 Å². The molecule has 1 fully saturated rings. The standard InChI is InChI=1S/C26H28N8O2/c1-3-4-12-33-22-23(35)30-25(36)31(2)24(22)34(26(33)32-11-7-9-19(28)15-32)16-21-18(14-27)13-17-8-5-6-10-20(17)29-21/h5-6,8,10,13,19,26H,7,9,11-12,15-16,28H2,1-2H3,(H,30,35,36)/t19-,26?/m1/s1. The molecule has 0 saturated carbocycles. The molecule has 1 saturated heterocycles. The van der Waals surface area contributed by atoms with Crippen LogP contribution in [0.3, 0.4) is 0 Å². The van der Waals surface area contributed by atoms with Crippen LogP contribution < -0.4 is 26.8 Å². The summed E-state index contributed by atoms with van der Waals surface area (Å²) in [6.45, 7) is 3.69. The van der Waals surface area contributed by atoms with Crippen molar-refractivity contribution in [1.82, 2.24) is 19.4 Å². The van der Waals surface area contributed by atoms with Crippen molar-refractivity contribution in [2.75, 3.05) is 29.4 Å². The number of H-pyrrole nitrogens is 1. The van der Waals surface area contributed by atoms with Crippen molar-refractivity contribution >= 4 is 22.4 Å². The molecule has 4 heterocycles. The summed E-state index contributed by atoms with van der Waals surface area (Å²) in [5.74, 6) is 6.48. The molecule has 0 aliphatic carbocycles. The van der Waals surface area contributed by atoms with Crippen LogP contribution in [0.5, 0.6) is 0 Å². The van der Waals surface area contributed by atoms with Gasteiger partial charge in [-0.1, -0.05) is 24.1 Å². The fourth-order valence-electron chi connectivity index (χ4n) is 5.24. The first-order valence-corrected chi connectivity index (χ1v) is 12.0. The number of aromatic nitrogens is 3. The fourth-order valence-corrected chi connectivity index (χ4v) is 5.24. The van der Waals surface area contributed by atoms with E-state index in [-0.39, 0.29) is 12.6 Å². The molecular weight excluding hydrogens is 456 g/mol. The van der Waals surface area contributed by atoms with E-state index in [1.807, 2.05) is 40.1 Å². The third kappa shape index (κ3) is 4.01. The Bertz CT molecular complexity index is 1540. The maximum atomic E-state index is 13.1. The van der Waals surface area contributed by atoms with Gasteiger partial charge in [-0.3, -0.25) is 19.2 Å². The van der Waals surface area contributed by atoms with Crippen LogP contribution in [0.15, 0.2) is 39.9 Å². The van der Waals surface area contributed by atoms with Gasteiger partial charge in [0.05, 0.1) is 29.9 Å². The van der Waals surface area contributed by atoms with E-state index in [4.69, 9.17) is 10.7 Å². The molecule has 1 aromatic carbocycles. The van der Waals surface area contributed by atoms with Gasteiger partial charge < -0.3 is 15.5 Å². The topological polar surface area (TPSA) is 127 Å². The van der Waals surface area contributed by atoms with Crippen molar-refractivity contribution in [3.8, 4) is 17.9 Å². The van der Waals surface area contributed by atoms with Crippen LogP contribution in [-0.2, 0) is 13.6 Å². The minimum Gasteiger partial charge on any atom is -0.327 e. The lowest BCUT2D eigenvalue weighted by atomic mass is 10.1. The normalized spacial score (nSPS) is 19.6. The van der Waals surface area contributed by atoms with Crippen LogP contribution >= 0.6 is 0 Å². The predicted molar refractivity (Wildman–Crippen MR) is 138 cm³/mol. The Morgan fingerprint density at radius 2 is 2.06 bits per heavy atom. The Balaban J connectivity index is 1.70. The first kappa shape index (κ1) is 23.6. The molecule has 10 heteroatoms. The van der Waals surface area contributed by atoms with E-state index in [2.05, 4.69) is 27.8 Å². The molecule has 1 unspecified atom stereocenters. The Kier molecular flexibility index (Phi) is 6.23. The third-order valence-corrected chi connectivity index (χ3v) is 6.87. The third-order valence-electron chi connectivity index (χ3n) is 6.87. The molecule has 3 aromatic rings. The number of nitrogens with two attached hydrogens (primary N) is 1. The van der Waals surface area contributed by atoms with Crippen LogP contribution in [0.25, 0.3) is 10.9 Å².